The molecule has 2 aromatic carbocycles. The summed E-state index contributed by atoms with van der Waals surface area (Å²) in [7, 11) is 0. The molecule has 192 valence electrons. The topological polar surface area (TPSA) is 83.5 Å². The molecule has 0 radical (unpaired) electrons. The molecule has 3 rings (SSSR count). The van der Waals surface area contributed by atoms with Crippen LogP contribution in [0.15, 0.2) is 36.4 Å². The van der Waals surface area contributed by atoms with Crippen molar-refractivity contribution in [2.75, 3.05) is 33.0 Å². The van der Waals surface area contributed by atoms with Crippen molar-refractivity contribution in [3.05, 3.63) is 47.5 Å². The van der Waals surface area contributed by atoms with Crippen LogP contribution in [0.3, 0.4) is 0 Å². The van der Waals surface area contributed by atoms with Crippen LogP contribution >= 0.6 is 0 Å². The van der Waals surface area contributed by atoms with Gasteiger partial charge in [0.1, 0.15) is 25.9 Å². The predicted molar refractivity (Wildman–Crippen MR) is 134 cm³/mol. The summed E-state index contributed by atoms with van der Waals surface area (Å²) >= 11 is 0. The third-order valence-corrected chi connectivity index (χ3v) is 5.72. The lowest BCUT2D eigenvalue weighted by atomic mass is 9.87. The standard InChI is InChI=1S/C28H38O7/c1-27(2,3)19-9-11-23-24(14-19)32-13-7-12-31-22-10-8-20(28(4,5)6)15-25(22)35-17-21(16-34-23)33-18-26(29)30/h8-11,14-15,21H,7,12-13,16-18H2,1-6H3,(H,29,30). The van der Waals surface area contributed by atoms with Crippen LogP contribution in [0.4, 0.5) is 0 Å². The molecule has 0 saturated carbocycles. The highest BCUT2D eigenvalue weighted by atomic mass is 16.6. The van der Waals surface area contributed by atoms with Gasteiger partial charge in [-0.3, -0.25) is 0 Å². The Hall–Kier alpha value is -2.93. The number of rotatable bonds is 3. The molecule has 1 unspecified atom stereocenters. The maximum atomic E-state index is 11.1. The van der Waals surface area contributed by atoms with Crippen LogP contribution in [0, 0.1) is 0 Å². The first-order chi connectivity index (χ1) is 16.4. The summed E-state index contributed by atoms with van der Waals surface area (Å²) in [6.07, 6.45) is 0.0691. The lowest BCUT2D eigenvalue weighted by Gasteiger charge is -2.25. The Morgan fingerprint density at radius 2 is 1.26 bits per heavy atom. The average Bonchev–Trinajstić information content (AvgIpc) is 2.77. The van der Waals surface area contributed by atoms with Gasteiger partial charge in [-0.2, -0.15) is 0 Å². The molecule has 7 heteroatoms. The fourth-order valence-electron chi connectivity index (χ4n) is 3.54. The normalized spacial score (nSPS) is 17.4. The molecule has 0 fully saturated rings. The highest BCUT2D eigenvalue weighted by Gasteiger charge is 2.21. The maximum Gasteiger partial charge on any atom is 0.329 e. The number of ether oxygens (including phenoxy) is 5. The average molecular weight is 487 g/mol. The fraction of sp³-hybridized carbons (Fsp3) is 0.536. The highest BCUT2D eigenvalue weighted by molar-refractivity contribution is 5.68. The van der Waals surface area contributed by atoms with E-state index in [0.717, 1.165) is 11.1 Å². The molecule has 0 aromatic heterocycles. The monoisotopic (exact) mass is 486 g/mol. The minimum Gasteiger partial charge on any atom is -0.490 e. The van der Waals surface area contributed by atoms with E-state index in [0.29, 0.717) is 42.6 Å². The molecular weight excluding hydrogens is 448 g/mol. The van der Waals surface area contributed by atoms with E-state index in [1.165, 1.54) is 0 Å². The Kier molecular flexibility index (Phi) is 8.54. The summed E-state index contributed by atoms with van der Waals surface area (Å²) in [4.78, 5) is 11.1. The van der Waals surface area contributed by atoms with Gasteiger partial charge in [0.2, 0.25) is 0 Å². The molecule has 0 spiro atoms. The summed E-state index contributed by atoms with van der Waals surface area (Å²) in [6, 6.07) is 11.8. The summed E-state index contributed by atoms with van der Waals surface area (Å²) in [6.45, 7) is 13.5. The molecule has 1 aliphatic rings. The lowest BCUT2D eigenvalue weighted by molar-refractivity contribution is -0.145. The number of carboxylic acid groups (broad SMARTS) is 1. The number of carboxylic acids is 1. The number of hydrogen-bond donors (Lipinski definition) is 1. The van der Waals surface area contributed by atoms with Gasteiger partial charge in [-0.05, 0) is 46.2 Å². The van der Waals surface area contributed by atoms with E-state index in [4.69, 9.17) is 28.8 Å². The third kappa shape index (κ3) is 7.79. The summed E-state index contributed by atoms with van der Waals surface area (Å²) in [5.41, 5.74) is 2.12. The van der Waals surface area contributed by atoms with E-state index in [1.54, 1.807) is 0 Å². The second-order valence-corrected chi connectivity index (χ2v) is 10.8. The molecule has 1 atom stereocenters. The van der Waals surface area contributed by atoms with Crippen LogP contribution in [0.1, 0.15) is 59.1 Å². The smallest absolute Gasteiger partial charge is 0.329 e. The molecule has 7 nitrogen and oxygen atoms in total. The van der Waals surface area contributed by atoms with Gasteiger partial charge in [0, 0.05) is 6.42 Å². The molecule has 1 aliphatic heterocycles. The molecule has 0 saturated heterocycles. The van der Waals surface area contributed by atoms with Crippen LogP contribution in [-0.4, -0.2) is 50.2 Å². The van der Waals surface area contributed by atoms with E-state index < -0.39 is 18.7 Å². The Labute approximate surface area is 208 Å². The number of fused-ring (bicyclic) bond motifs is 2. The molecule has 0 amide bonds. The van der Waals surface area contributed by atoms with Crippen molar-refractivity contribution in [1.29, 1.82) is 0 Å². The van der Waals surface area contributed by atoms with Gasteiger partial charge in [0.15, 0.2) is 23.0 Å². The quantitative estimate of drug-likeness (QED) is 0.624. The van der Waals surface area contributed by atoms with Gasteiger partial charge < -0.3 is 28.8 Å². The molecule has 0 aliphatic carbocycles. The van der Waals surface area contributed by atoms with Crippen molar-refractivity contribution in [3.8, 4) is 23.0 Å². The number of hydrogen-bond acceptors (Lipinski definition) is 6. The summed E-state index contributed by atoms with van der Waals surface area (Å²) in [5.74, 6) is 1.39. The minimum absolute atomic E-state index is 0.0445. The first-order valence-corrected chi connectivity index (χ1v) is 12.1. The van der Waals surface area contributed by atoms with Crippen molar-refractivity contribution >= 4 is 5.97 Å². The molecule has 0 bridgehead atoms. The SMILES string of the molecule is CC(C)(C)c1ccc2c(c1)OCCCOc1ccc(C(C)(C)C)cc1OCC(OCC(=O)O)CO2. The maximum absolute atomic E-state index is 11.1. The van der Waals surface area contributed by atoms with Crippen LogP contribution in [-0.2, 0) is 20.4 Å². The van der Waals surface area contributed by atoms with Crippen molar-refractivity contribution < 1.29 is 33.6 Å². The molecular formula is C28H38O7. The predicted octanol–water partition coefficient (Wildman–Crippen LogP) is 5.37. The first kappa shape index (κ1) is 26.7. The summed E-state index contributed by atoms with van der Waals surface area (Å²) < 4.78 is 29.9. The Balaban J connectivity index is 1.87. The van der Waals surface area contributed by atoms with Crippen molar-refractivity contribution in [3.63, 3.8) is 0 Å². The number of benzene rings is 2. The van der Waals surface area contributed by atoms with Gasteiger partial charge in [0.05, 0.1) is 13.2 Å². The second kappa shape index (κ2) is 11.2. The molecule has 1 N–H and O–H groups in total. The third-order valence-electron chi connectivity index (χ3n) is 5.72. The zero-order chi connectivity index (χ0) is 25.6. The Morgan fingerprint density at radius 1 is 0.800 bits per heavy atom. The van der Waals surface area contributed by atoms with Crippen molar-refractivity contribution in [2.24, 2.45) is 0 Å². The first-order valence-electron chi connectivity index (χ1n) is 12.1. The largest absolute Gasteiger partial charge is 0.490 e. The molecule has 35 heavy (non-hydrogen) atoms. The molecule has 2 aromatic rings. The van der Waals surface area contributed by atoms with E-state index in [2.05, 4.69) is 41.5 Å². The number of aliphatic carboxylic acids is 1. The van der Waals surface area contributed by atoms with E-state index in [9.17, 15) is 4.79 Å². The summed E-state index contributed by atoms with van der Waals surface area (Å²) in [5, 5.41) is 9.12. The lowest BCUT2D eigenvalue weighted by Crippen LogP contribution is -2.31. The van der Waals surface area contributed by atoms with Crippen LogP contribution in [0.5, 0.6) is 23.0 Å². The van der Waals surface area contributed by atoms with Gasteiger partial charge >= 0.3 is 5.97 Å². The zero-order valence-electron chi connectivity index (χ0n) is 21.7. The van der Waals surface area contributed by atoms with E-state index >= 15 is 0 Å². The van der Waals surface area contributed by atoms with E-state index in [1.807, 2.05) is 36.4 Å². The minimum atomic E-state index is -1.05. The number of carbonyl (C=O) groups is 1. The van der Waals surface area contributed by atoms with Crippen LogP contribution in [0.25, 0.3) is 0 Å². The van der Waals surface area contributed by atoms with Gasteiger partial charge in [-0.1, -0.05) is 53.7 Å². The Bertz CT molecular complexity index is 1000. The van der Waals surface area contributed by atoms with Gasteiger partial charge in [-0.15, -0.1) is 0 Å². The zero-order valence-corrected chi connectivity index (χ0v) is 21.7. The van der Waals surface area contributed by atoms with E-state index in [-0.39, 0.29) is 24.0 Å². The van der Waals surface area contributed by atoms with Crippen molar-refractivity contribution in [1.82, 2.24) is 0 Å². The van der Waals surface area contributed by atoms with Crippen LogP contribution < -0.4 is 18.9 Å². The van der Waals surface area contributed by atoms with Gasteiger partial charge in [-0.25, -0.2) is 4.79 Å². The highest BCUT2D eigenvalue weighted by Crippen LogP contribution is 2.35. The van der Waals surface area contributed by atoms with Gasteiger partial charge in [0.25, 0.3) is 0 Å². The second-order valence-electron chi connectivity index (χ2n) is 10.8. The fourth-order valence-corrected chi connectivity index (χ4v) is 3.54. The Morgan fingerprint density at radius 3 is 1.77 bits per heavy atom. The molecule has 1 heterocycles. The van der Waals surface area contributed by atoms with Crippen LogP contribution in [0.2, 0.25) is 0 Å². The van der Waals surface area contributed by atoms with Crippen molar-refractivity contribution in [2.45, 2.75) is 64.9 Å².